The maximum atomic E-state index is 9.73. The summed E-state index contributed by atoms with van der Waals surface area (Å²) in [6, 6.07) is 0. The van der Waals surface area contributed by atoms with Crippen LogP contribution in [0, 0.1) is 0 Å². The summed E-state index contributed by atoms with van der Waals surface area (Å²) in [5.41, 5.74) is 0. The van der Waals surface area contributed by atoms with Crippen molar-refractivity contribution in [3.05, 3.63) is 0 Å². The van der Waals surface area contributed by atoms with Crippen LogP contribution in [0.5, 0.6) is 0 Å². The van der Waals surface area contributed by atoms with Gasteiger partial charge in [-0.2, -0.15) is 0 Å². The monoisotopic (exact) mass is 150 g/mol. The highest BCUT2D eigenvalue weighted by Crippen LogP contribution is 2.05. The summed E-state index contributed by atoms with van der Waals surface area (Å²) in [5, 5.41) is 33.3. The van der Waals surface area contributed by atoms with Crippen LogP contribution in [0.2, 0.25) is 0 Å². The van der Waals surface area contributed by atoms with Gasteiger partial charge in [-0.05, 0) is 6.42 Å². The number of carbonyl (C=O) groups excluding carboxylic acids is 1. The van der Waals surface area contributed by atoms with E-state index in [1.807, 2.05) is 0 Å². The molecule has 1 atom stereocenters. The number of rotatable bonds is 4. The molecule has 0 heterocycles. The first kappa shape index (κ1) is 9.51. The second-order valence-corrected chi connectivity index (χ2v) is 2.02. The minimum Gasteiger partial charge on any atom is -0.386 e. The standard InChI is InChI=1S/C5H10O5/c6-3-4(7)1-2-5(8,9)10/h3-4,7-10H,1-2H2. The second kappa shape index (κ2) is 3.62. The third kappa shape index (κ3) is 5.64. The van der Waals surface area contributed by atoms with Crippen LogP contribution < -0.4 is 0 Å². The van der Waals surface area contributed by atoms with Crippen LogP contribution in [-0.4, -0.2) is 38.8 Å². The van der Waals surface area contributed by atoms with Gasteiger partial charge in [0.2, 0.25) is 0 Å². The minimum absolute atomic E-state index is 0.174. The molecule has 10 heavy (non-hydrogen) atoms. The van der Waals surface area contributed by atoms with Crippen molar-refractivity contribution >= 4 is 6.29 Å². The van der Waals surface area contributed by atoms with E-state index in [1.165, 1.54) is 0 Å². The maximum Gasteiger partial charge on any atom is 0.275 e. The molecule has 0 aliphatic carbocycles. The number of aliphatic hydroxyl groups excluding tert-OH is 1. The van der Waals surface area contributed by atoms with Crippen LogP contribution in [0.15, 0.2) is 0 Å². The van der Waals surface area contributed by atoms with Crippen LogP contribution in [0.1, 0.15) is 12.8 Å². The van der Waals surface area contributed by atoms with Gasteiger partial charge in [-0.3, -0.25) is 0 Å². The van der Waals surface area contributed by atoms with Crippen molar-refractivity contribution in [3.8, 4) is 0 Å². The lowest BCUT2D eigenvalue weighted by atomic mass is 10.2. The van der Waals surface area contributed by atoms with Gasteiger partial charge in [0.1, 0.15) is 12.4 Å². The molecule has 0 aliphatic heterocycles. The average molecular weight is 150 g/mol. The largest absolute Gasteiger partial charge is 0.386 e. The van der Waals surface area contributed by atoms with Gasteiger partial charge < -0.3 is 25.2 Å². The fourth-order valence-electron chi connectivity index (χ4n) is 0.410. The summed E-state index contributed by atoms with van der Waals surface area (Å²) in [4.78, 5) is 9.73. The highest BCUT2D eigenvalue weighted by molar-refractivity contribution is 5.55. The predicted molar refractivity (Wildman–Crippen MR) is 30.7 cm³/mol. The summed E-state index contributed by atoms with van der Waals surface area (Å²) in [5.74, 6) is -2.79. The molecule has 0 rings (SSSR count). The van der Waals surface area contributed by atoms with Crippen molar-refractivity contribution < 1.29 is 25.2 Å². The number of aliphatic hydroxyl groups is 4. The SMILES string of the molecule is O=CC(O)CCC(O)(O)O. The molecule has 4 N–H and O–H groups in total. The second-order valence-electron chi connectivity index (χ2n) is 2.02. The van der Waals surface area contributed by atoms with E-state index in [4.69, 9.17) is 20.4 Å². The first-order valence-electron chi connectivity index (χ1n) is 2.76. The third-order valence-corrected chi connectivity index (χ3v) is 0.933. The Labute approximate surface area is 57.5 Å². The predicted octanol–water partition coefficient (Wildman–Crippen LogP) is -2.04. The van der Waals surface area contributed by atoms with E-state index in [0.29, 0.717) is 0 Å². The lowest BCUT2D eigenvalue weighted by Crippen LogP contribution is -2.28. The molecule has 0 bridgehead atoms. The molecular formula is C5H10O5. The van der Waals surface area contributed by atoms with Crippen LogP contribution in [-0.2, 0) is 4.79 Å². The van der Waals surface area contributed by atoms with E-state index in [9.17, 15) is 4.79 Å². The van der Waals surface area contributed by atoms with Crippen molar-refractivity contribution in [1.29, 1.82) is 0 Å². The van der Waals surface area contributed by atoms with Crippen molar-refractivity contribution in [2.75, 3.05) is 0 Å². The average Bonchev–Trinajstić information content (AvgIpc) is 1.81. The van der Waals surface area contributed by atoms with Crippen molar-refractivity contribution in [1.82, 2.24) is 0 Å². The van der Waals surface area contributed by atoms with Crippen molar-refractivity contribution in [2.24, 2.45) is 0 Å². The molecule has 0 aromatic carbocycles. The molecule has 0 saturated heterocycles. The van der Waals surface area contributed by atoms with Crippen molar-refractivity contribution in [2.45, 2.75) is 24.9 Å². The van der Waals surface area contributed by atoms with E-state index in [2.05, 4.69) is 0 Å². The molecule has 0 saturated carbocycles. The molecule has 0 fully saturated rings. The van der Waals surface area contributed by atoms with Gasteiger partial charge in [0.25, 0.3) is 5.97 Å². The third-order valence-electron chi connectivity index (χ3n) is 0.933. The number of hydrogen-bond donors (Lipinski definition) is 4. The molecule has 5 nitrogen and oxygen atoms in total. The number of aldehydes is 1. The Kier molecular flexibility index (Phi) is 3.45. The molecule has 5 heteroatoms. The van der Waals surface area contributed by atoms with Crippen molar-refractivity contribution in [3.63, 3.8) is 0 Å². The molecule has 60 valence electrons. The van der Waals surface area contributed by atoms with E-state index in [0.717, 1.165) is 0 Å². The zero-order valence-electron chi connectivity index (χ0n) is 5.27. The van der Waals surface area contributed by atoms with E-state index >= 15 is 0 Å². The lowest BCUT2D eigenvalue weighted by Gasteiger charge is -2.13. The molecule has 0 amide bonds. The summed E-state index contributed by atoms with van der Waals surface area (Å²) in [6.45, 7) is 0. The lowest BCUT2D eigenvalue weighted by molar-refractivity contribution is -0.316. The summed E-state index contributed by atoms with van der Waals surface area (Å²) < 4.78 is 0. The topological polar surface area (TPSA) is 98.0 Å². The summed E-state index contributed by atoms with van der Waals surface area (Å²) in [6.07, 6.45) is -1.61. The van der Waals surface area contributed by atoms with Gasteiger partial charge in [0, 0.05) is 6.42 Å². The quantitative estimate of drug-likeness (QED) is 0.273. The van der Waals surface area contributed by atoms with Gasteiger partial charge in [0.15, 0.2) is 0 Å². The Hall–Kier alpha value is -0.490. The molecule has 0 aliphatic rings. The van der Waals surface area contributed by atoms with Crippen LogP contribution >= 0.6 is 0 Å². The molecule has 0 radical (unpaired) electrons. The Morgan fingerprint density at radius 2 is 1.90 bits per heavy atom. The Morgan fingerprint density at radius 3 is 2.20 bits per heavy atom. The normalized spacial score (nSPS) is 14.8. The van der Waals surface area contributed by atoms with Gasteiger partial charge in [0.05, 0.1) is 0 Å². The fraction of sp³-hybridized carbons (Fsp3) is 0.800. The van der Waals surface area contributed by atoms with Gasteiger partial charge in [-0.15, -0.1) is 0 Å². The molecule has 0 aromatic heterocycles. The van der Waals surface area contributed by atoms with E-state index in [-0.39, 0.29) is 12.7 Å². The molecule has 0 spiro atoms. The van der Waals surface area contributed by atoms with Gasteiger partial charge >= 0.3 is 0 Å². The smallest absolute Gasteiger partial charge is 0.275 e. The highest BCUT2D eigenvalue weighted by atomic mass is 16.7. The maximum absolute atomic E-state index is 9.73. The zero-order valence-corrected chi connectivity index (χ0v) is 5.27. The Bertz CT molecular complexity index is 105. The first-order valence-corrected chi connectivity index (χ1v) is 2.76. The fourth-order valence-corrected chi connectivity index (χ4v) is 0.410. The van der Waals surface area contributed by atoms with Crippen LogP contribution in [0.4, 0.5) is 0 Å². The summed E-state index contributed by atoms with van der Waals surface area (Å²) in [7, 11) is 0. The van der Waals surface area contributed by atoms with Crippen LogP contribution in [0.25, 0.3) is 0 Å². The van der Waals surface area contributed by atoms with E-state index < -0.39 is 18.5 Å². The Balaban J connectivity index is 3.45. The molecule has 0 aromatic rings. The molecule has 1 unspecified atom stereocenters. The van der Waals surface area contributed by atoms with Gasteiger partial charge in [-0.1, -0.05) is 0 Å². The van der Waals surface area contributed by atoms with Crippen LogP contribution in [0.3, 0.4) is 0 Å². The number of carbonyl (C=O) groups is 1. The zero-order chi connectivity index (χ0) is 8.20. The highest BCUT2D eigenvalue weighted by Gasteiger charge is 2.19. The number of hydrogen-bond acceptors (Lipinski definition) is 5. The minimum atomic E-state index is -2.79. The summed E-state index contributed by atoms with van der Waals surface area (Å²) >= 11 is 0. The van der Waals surface area contributed by atoms with E-state index in [1.54, 1.807) is 0 Å². The molecular weight excluding hydrogens is 140 g/mol. The van der Waals surface area contributed by atoms with Gasteiger partial charge in [-0.25, -0.2) is 0 Å². The Morgan fingerprint density at radius 1 is 1.40 bits per heavy atom. The first-order chi connectivity index (χ1) is 4.45.